The van der Waals surface area contributed by atoms with Crippen LogP contribution in [-0.2, 0) is 6.18 Å². The van der Waals surface area contributed by atoms with Crippen LogP contribution in [0, 0.1) is 0 Å². The molecule has 0 fully saturated rings. The molecule has 2 rings (SSSR count). The van der Waals surface area contributed by atoms with E-state index in [0.29, 0.717) is 0 Å². The van der Waals surface area contributed by atoms with Crippen molar-refractivity contribution < 1.29 is 27.1 Å². The van der Waals surface area contributed by atoms with Gasteiger partial charge < -0.3 is 5.11 Å². The highest BCUT2D eigenvalue weighted by Crippen LogP contribution is 2.47. The highest BCUT2D eigenvalue weighted by atomic mass is 19.4. The molecule has 3 atom stereocenters. The summed E-state index contributed by atoms with van der Waals surface area (Å²) in [6.45, 7) is 0. The van der Waals surface area contributed by atoms with Gasteiger partial charge in [0, 0.05) is 5.56 Å². The Hall–Kier alpha value is -1.18. The lowest BCUT2D eigenvalue weighted by Gasteiger charge is -2.10. The predicted molar refractivity (Wildman–Crippen MR) is 37.3 cm³/mol. The molecule has 0 aromatic carbocycles. The SMILES string of the molecule is OC1c2c(n[nH]c2C(F)(F)F)C(F)C1F. The Morgan fingerprint density at radius 1 is 1.27 bits per heavy atom. The molecule has 1 aliphatic carbocycles. The van der Waals surface area contributed by atoms with Crippen molar-refractivity contribution in [2.75, 3.05) is 0 Å². The first kappa shape index (κ1) is 10.3. The fourth-order valence-electron chi connectivity index (χ4n) is 1.56. The van der Waals surface area contributed by atoms with Crippen molar-refractivity contribution in [3.63, 3.8) is 0 Å². The zero-order chi connectivity index (χ0) is 11.4. The van der Waals surface area contributed by atoms with Gasteiger partial charge >= 0.3 is 6.18 Å². The molecule has 1 aromatic rings. The molecule has 3 unspecified atom stereocenters. The van der Waals surface area contributed by atoms with E-state index in [4.69, 9.17) is 5.11 Å². The fourth-order valence-corrected chi connectivity index (χ4v) is 1.56. The molecular weight excluding hydrogens is 223 g/mol. The molecule has 3 nitrogen and oxygen atoms in total. The molecule has 84 valence electrons. The van der Waals surface area contributed by atoms with Crippen LogP contribution in [0.1, 0.15) is 29.2 Å². The second-order valence-electron chi connectivity index (χ2n) is 3.19. The van der Waals surface area contributed by atoms with Crippen LogP contribution in [0.5, 0.6) is 0 Å². The third-order valence-corrected chi connectivity index (χ3v) is 2.26. The van der Waals surface area contributed by atoms with Gasteiger partial charge in [-0.25, -0.2) is 8.78 Å². The fraction of sp³-hybridized carbons (Fsp3) is 0.571. The second-order valence-corrected chi connectivity index (χ2v) is 3.19. The molecule has 0 saturated heterocycles. The van der Waals surface area contributed by atoms with Gasteiger partial charge in [-0.2, -0.15) is 18.3 Å². The number of alkyl halides is 5. The van der Waals surface area contributed by atoms with E-state index in [1.165, 1.54) is 0 Å². The first-order chi connectivity index (χ1) is 6.84. The zero-order valence-electron chi connectivity index (χ0n) is 7.02. The molecule has 0 spiro atoms. The van der Waals surface area contributed by atoms with Crippen molar-refractivity contribution in [2.24, 2.45) is 0 Å². The van der Waals surface area contributed by atoms with Crippen LogP contribution in [0.2, 0.25) is 0 Å². The number of aromatic nitrogens is 2. The first-order valence-electron chi connectivity index (χ1n) is 3.95. The van der Waals surface area contributed by atoms with Crippen LogP contribution in [-0.4, -0.2) is 21.5 Å². The standard InChI is InChI=1S/C7H5F5N2O/c8-2-3(9)5(15)1-4(2)13-14-6(1)7(10,11)12/h2-3,5,15H,(H,13,14). The Morgan fingerprint density at radius 3 is 2.40 bits per heavy atom. The number of fused-ring (bicyclic) bond motifs is 1. The number of hydrogen-bond donors (Lipinski definition) is 2. The van der Waals surface area contributed by atoms with Crippen molar-refractivity contribution in [2.45, 2.75) is 24.6 Å². The van der Waals surface area contributed by atoms with Crippen LogP contribution >= 0.6 is 0 Å². The van der Waals surface area contributed by atoms with E-state index in [-0.39, 0.29) is 0 Å². The topological polar surface area (TPSA) is 48.9 Å². The monoisotopic (exact) mass is 228 g/mol. The van der Waals surface area contributed by atoms with E-state index in [2.05, 4.69) is 5.10 Å². The number of aromatic amines is 1. The van der Waals surface area contributed by atoms with Gasteiger partial charge in [0.15, 0.2) is 12.3 Å². The third kappa shape index (κ3) is 1.31. The lowest BCUT2D eigenvalue weighted by molar-refractivity contribution is -0.143. The molecule has 15 heavy (non-hydrogen) atoms. The van der Waals surface area contributed by atoms with E-state index in [1.807, 2.05) is 0 Å². The first-order valence-corrected chi connectivity index (χ1v) is 3.95. The van der Waals surface area contributed by atoms with Gasteiger partial charge in [0.25, 0.3) is 0 Å². The smallest absolute Gasteiger partial charge is 0.385 e. The number of nitrogens with zero attached hydrogens (tertiary/aromatic N) is 1. The lowest BCUT2D eigenvalue weighted by Crippen LogP contribution is -2.15. The maximum Gasteiger partial charge on any atom is 0.433 e. The molecule has 8 heteroatoms. The summed E-state index contributed by atoms with van der Waals surface area (Å²) in [5.74, 6) is 0. The minimum atomic E-state index is -4.81. The summed E-state index contributed by atoms with van der Waals surface area (Å²) in [6.07, 6.45) is -11.6. The molecule has 0 amide bonds. The molecule has 2 N–H and O–H groups in total. The molecule has 1 heterocycles. The number of rotatable bonds is 0. The quantitative estimate of drug-likeness (QED) is 0.665. The third-order valence-electron chi connectivity index (χ3n) is 2.26. The average molecular weight is 228 g/mol. The van der Waals surface area contributed by atoms with Crippen LogP contribution in [0.4, 0.5) is 22.0 Å². The average Bonchev–Trinajstić information content (AvgIpc) is 2.63. The summed E-state index contributed by atoms with van der Waals surface area (Å²) < 4.78 is 62.7. The summed E-state index contributed by atoms with van der Waals surface area (Å²) in [7, 11) is 0. The molecule has 1 aliphatic rings. The van der Waals surface area contributed by atoms with Crippen molar-refractivity contribution in [1.82, 2.24) is 10.2 Å². The summed E-state index contributed by atoms with van der Waals surface area (Å²) in [4.78, 5) is 0. The zero-order valence-corrected chi connectivity index (χ0v) is 7.02. The molecular formula is C7H5F5N2O. The molecule has 0 radical (unpaired) electrons. The van der Waals surface area contributed by atoms with Gasteiger partial charge in [-0.1, -0.05) is 0 Å². The molecule has 0 bridgehead atoms. The van der Waals surface area contributed by atoms with Crippen molar-refractivity contribution in [1.29, 1.82) is 0 Å². The summed E-state index contributed by atoms with van der Waals surface area (Å²) in [5, 5.41) is 13.7. The minimum absolute atomic E-state index is 0.706. The van der Waals surface area contributed by atoms with Crippen LogP contribution in [0.25, 0.3) is 0 Å². The number of aliphatic hydroxyl groups excluding tert-OH is 1. The van der Waals surface area contributed by atoms with E-state index in [1.54, 1.807) is 5.10 Å². The van der Waals surface area contributed by atoms with Crippen molar-refractivity contribution >= 4 is 0 Å². The number of nitrogens with one attached hydrogen (secondary N) is 1. The Kier molecular flexibility index (Phi) is 2.00. The van der Waals surface area contributed by atoms with Gasteiger partial charge in [-0.05, 0) is 0 Å². The predicted octanol–water partition coefficient (Wildman–Crippen LogP) is 1.82. The van der Waals surface area contributed by atoms with E-state index >= 15 is 0 Å². The van der Waals surface area contributed by atoms with Gasteiger partial charge in [0.1, 0.15) is 17.5 Å². The maximum atomic E-state index is 13.0. The Labute approximate surface area is 79.9 Å². The van der Waals surface area contributed by atoms with E-state index in [0.717, 1.165) is 0 Å². The normalized spacial score (nSPS) is 30.7. The van der Waals surface area contributed by atoms with E-state index < -0.39 is 41.6 Å². The molecule has 0 saturated carbocycles. The Morgan fingerprint density at radius 2 is 1.87 bits per heavy atom. The van der Waals surface area contributed by atoms with Crippen molar-refractivity contribution in [3.05, 3.63) is 17.0 Å². The van der Waals surface area contributed by atoms with Gasteiger partial charge in [0.2, 0.25) is 0 Å². The minimum Gasteiger partial charge on any atom is -0.385 e. The van der Waals surface area contributed by atoms with E-state index in [9.17, 15) is 22.0 Å². The number of hydrogen-bond acceptors (Lipinski definition) is 2. The van der Waals surface area contributed by atoms with Gasteiger partial charge in [-0.15, -0.1) is 0 Å². The highest BCUT2D eigenvalue weighted by Gasteiger charge is 2.50. The summed E-state index contributed by atoms with van der Waals surface area (Å²) in [6, 6.07) is 0. The summed E-state index contributed by atoms with van der Waals surface area (Å²) >= 11 is 0. The second kappa shape index (κ2) is 2.91. The Bertz CT molecular complexity index is 387. The lowest BCUT2D eigenvalue weighted by atomic mass is 10.1. The number of aliphatic hydroxyl groups is 1. The number of H-pyrrole nitrogens is 1. The highest BCUT2D eigenvalue weighted by molar-refractivity contribution is 5.37. The molecule has 0 aliphatic heterocycles. The summed E-state index contributed by atoms with van der Waals surface area (Å²) in [5.41, 5.74) is -2.93. The number of halogens is 5. The molecule has 1 aromatic heterocycles. The van der Waals surface area contributed by atoms with Crippen LogP contribution in [0.3, 0.4) is 0 Å². The maximum absolute atomic E-state index is 13.0. The van der Waals surface area contributed by atoms with Gasteiger partial charge in [0.05, 0.1) is 0 Å². The van der Waals surface area contributed by atoms with Gasteiger partial charge in [-0.3, -0.25) is 5.10 Å². The van der Waals surface area contributed by atoms with Crippen LogP contribution < -0.4 is 0 Å². The van der Waals surface area contributed by atoms with Crippen LogP contribution in [0.15, 0.2) is 0 Å². The Balaban J connectivity index is 2.54. The van der Waals surface area contributed by atoms with Crippen molar-refractivity contribution in [3.8, 4) is 0 Å². The largest absolute Gasteiger partial charge is 0.433 e.